The summed E-state index contributed by atoms with van der Waals surface area (Å²) in [5, 5.41) is 2.99. The van der Waals surface area contributed by atoms with Gasteiger partial charge in [-0.1, -0.05) is 11.6 Å². The number of hydrogen-bond donors (Lipinski definition) is 1. The van der Waals surface area contributed by atoms with Crippen LogP contribution in [0.3, 0.4) is 0 Å². The van der Waals surface area contributed by atoms with Gasteiger partial charge in [-0.05, 0) is 38.5 Å². The summed E-state index contributed by atoms with van der Waals surface area (Å²) < 4.78 is 43.3. The molecular formula is C18H27ClN2O6S. The molecule has 1 aliphatic rings. The number of ether oxygens (including phenoxy) is 3. The number of morpholine rings is 1. The normalized spacial score (nSPS) is 15.6. The number of rotatable bonds is 10. The molecule has 1 amide bonds. The molecule has 0 radical (unpaired) electrons. The maximum absolute atomic E-state index is 12.9. The van der Waals surface area contributed by atoms with Gasteiger partial charge in [-0.2, -0.15) is 4.31 Å². The van der Waals surface area contributed by atoms with Crippen LogP contribution < -0.4 is 10.1 Å². The molecule has 8 nitrogen and oxygen atoms in total. The van der Waals surface area contributed by atoms with Crippen LogP contribution in [0.5, 0.6) is 5.75 Å². The minimum atomic E-state index is -3.80. The van der Waals surface area contributed by atoms with Gasteiger partial charge >= 0.3 is 0 Å². The highest BCUT2D eigenvalue weighted by Gasteiger charge is 2.29. The molecule has 1 heterocycles. The Balaban J connectivity index is 1.95. The van der Waals surface area contributed by atoms with Crippen LogP contribution >= 0.6 is 11.6 Å². The Hall–Kier alpha value is -1.39. The molecule has 1 fully saturated rings. The fourth-order valence-corrected chi connectivity index (χ4v) is 4.34. The number of sulfonamides is 1. The van der Waals surface area contributed by atoms with E-state index < -0.39 is 10.0 Å². The molecule has 0 saturated carbocycles. The molecule has 0 bridgehead atoms. The van der Waals surface area contributed by atoms with E-state index in [1.807, 2.05) is 13.8 Å². The lowest BCUT2D eigenvalue weighted by molar-refractivity contribution is -0.123. The van der Waals surface area contributed by atoms with E-state index in [-0.39, 0.29) is 47.4 Å². The van der Waals surface area contributed by atoms with E-state index in [0.717, 1.165) is 0 Å². The molecule has 1 aromatic rings. The van der Waals surface area contributed by atoms with E-state index in [4.69, 9.17) is 25.8 Å². The van der Waals surface area contributed by atoms with Crippen LogP contribution in [0.15, 0.2) is 23.1 Å². The Morgan fingerprint density at radius 2 is 2.04 bits per heavy atom. The topological polar surface area (TPSA) is 94.2 Å². The summed E-state index contributed by atoms with van der Waals surface area (Å²) in [6.45, 7) is 5.78. The van der Waals surface area contributed by atoms with Crippen molar-refractivity contribution in [2.75, 3.05) is 46.1 Å². The predicted molar refractivity (Wildman–Crippen MR) is 105 cm³/mol. The van der Waals surface area contributed by atoms with E-state index in [1.165, 1.54) is 22.5 Å². The SMILES string of the molecule is CC(C)OCCCNC(=O)COc1ccc(Cl)cc1S(=O)(=O)N1CCOCC1. The van der Waals surface area contributed by atoms with Crippen molar-refractivity contribution in [3.05, 3.63) is 23.2 Å². The lowest BCUT2D eigenvalue weighted by Crippen LogP contribution is -2.40. The summed E-state index contributed by atoms with van der Waals surface area (Å²) in [4.78, 5) is 11.9. The summed E-state index contributed by atoms with van der Waals surface area (Å²) in [5.41, 5.74) is 0. The van der Waals surface area contributed by atoms with Crippen molar-refractivity contribution >= 4 is 27.5 Å². The second kappa shape index (κ2) is 11.0. The Morgan fingerprint density at radius 3 is 2.71 bits per heavy atom. The number of hydrogen-bond acceptors (Lipinski definition) is 6. The molecule has 0 unspecified atom stereocenters. The first-order valence-corrected chi connectivity index (χ1v) is 11.0. The van der Waals surface area contributed by atoms with Crippen LogP contribution in [-0.4, -0.2) is 70.8 Å². The highest BCUT2D eigenvalue weighted by Crippen LogP contribution is 2.30. The van der Waals surface area contributed by atoms with Crippen LogP contribution in [-0.2, 0) is 24.3 Å². The Kier molecular flexibility index (Phi) is 8.97. The van der Waals surface area contributed by atoms with Crippen LogP contribution in [0.2, 0.25) is 5.02 Å². The van der Waals surface area contributed by atoms with Gasteiger partial charge < -0.3 is 19.5 Å². The Bertz CT molecular complexity index is 750. The second-order valence-corrected chi connectivity index (χ2v) is 8.86. The minimum absolute atomic E-state index is 0.0555. The first-order chi connectivity index (χ1) is 13.3. The van der Waals surface area contributed by atoms with E-state index in [0.29, 0.717) is 32.8 Å². The summed E-state index contributed by atoms with van der Waals surface area (Å²) in [7, 11) is -3.80. The minimum Gasteiger partial charge on any atom is -0.482 e. The Morgan fingerprint density at radius 1 is 1.32 bits per heavy atom. The van der Waals surface area contributed by atoms with E-state index in [9.17, 15) is 13.2 Å². The third-order valence-electron chi connectivity index (χ3n) is 3.95. The van der Waals surface area contributed by atoms with Gasteiger partial charge in [0.2, 0.25) is 10.0 Å². The second-order valence-electron chi connectivity index (χ2n) is 6.52. The number of carbonyl (C=O) groups is 1. The largest absolute Gasteiger partial charge is 0.482 e. The molecule has 10 heteroatoms. The van der Waals surface area contributed by atoms with E-state index >= 15 is 0 Å². The molecule has 2 rings (SSSR count). The van der Waals surface area contributed by atoms with Gasteiger partial charge in [0.25, 0.3) is 5.91 Å². The fourth-order valence-electron chi connectivity index (χ4n) is 2.54. The summed E-state index contributed by atoms with van der Waals surface area (Å²) in [5.74, 6) is -0.247. The third kappa shape index (κ3) is 6.89. The van der Waals surface area contributed by atoms with Crippen molar-refractivity contribution < 1.29 is 27.4 Å². The van der Waals surface area contributed by atoms with Crippen molar-refractivity contribution in [2.45, 2.75) is 31.3 Å². The standard InChI is InChI=1S/C18H27ClN2O6S/c1-14(2)26-9-3-6-20-18(22)13-27-16-5-4-15(19)12-17(16)28(23,24)21-7-10-25-11-8-21/h4-5,12,14H,3,6-11,13H2,1-2H3,(H,20,22). The van der Waals surface area contributed by atoms with Gasteiger partial charge in [-0.3, -0.25) is 4.79 Å². The predicted octanol–water partition coefficient (Wildman–Crippen LogP) is 1.67. The summed E-state index contributed by atoms with van der Waals surface area (Å²) in [6, 6.07) is 4.32. The molecule has 0 atom stereocenters. The highest BCUT2D eigenvalue weighted by molar-refractivity contribution is 7.89. The van der Waals surface area contributed by atoms with Gasteiger partial charge in [-0.25, -0.2) is 8.42 Å². The van der Waals surface area contributed by atoms with Crippen molar-refractivity contribution in [1.29, 1.82) is 0 Å². The molecule has 1 saturated heterocycles. The molecule has 1 aromatic carbocycles. The van der Waals surface area contributed by atoms with Gasteiger partial charge in [0.1, 0.15) is 10.6 Å². The quantitative estimate of drug-likeness (QED) is 0.563. The van der Waals surface area contributed by atoms with Gasteiger partial charge in [0.05, 0.1) is 19.3 Å². The fraction of sp³-hybridized carbons (Fsp3) is 0.611. The van der Waals surface area contributed by atoms with Crippen molar-refractivity contribution in [1.82, 2.24) is 9.62 Å². The van der Waals surface area contributed by atoms with Gasteiger partial charge in [0.15, 0.2) is 6.61 Å². The molecule has 1 N–H and O–H groups in total. The van der Waals surface area contributed by atoms with Crippen molar-refractivity contribution in [3.63, 3.8) is 0 Å². The van der Waals surface area contributed by atoms with Crippen LogP contribution in [0, 0.1) is 0 Å². The number of nitrogens with one attached hydrogen (secondary N) is 1. The lowest BCUT2D eigenvalue weighted by Gasteiger charge is -2.26. The third-order valence-corrected chi connectivity index (χ3v) is 6.10. The molecule has 0 aliphatic carbocycles. The maximum Gasteiger partial charge on any atom is 0.257 e. The van der Waals surface area contributed by atoms with Crippen LogP contribution in [0.1, 0.15) is 20.3 Å². The molecule has 1 aliphatic heterocycles. The number of amides is 1. The molecule has 158 valence electrons. The zero-order chi connectivity index (χ0) is 20.6. The molecule has 0 spiro atoms. The van der Waals surface area contributed by atoms with E-state index in [2.05, 4.69) is 5.32 Å². The zero-order valence-electron chi connectivity index (χ0n) is 16.1. The first kappa shape index (κ1) is 22.9. The smallest absolute Gasteiger partial charge is 0.257 e. The molecule has 0 aromatic heterocycles. The van der Waals surface area contributed by atoms with E-state index in [1.54, 1.807) is 0 Å². The monoisotopic (exact) mass is 434 g/mol. The molecular weight excluding hydrogens is 408 g/mol. The first-order valence-electron chi connectivity index (χ1n) is 9.19. The Labute approximate surface area is 171 Å². The lowest BCUT2D eigenvalue weighted by atomic mass is 10.3. The number of halogens is 1. The highest BCUT2D eigenvalue weighted by atomic mass is 35.5. The maximum atomic E-state index is 12.9. The summed E-state index contributed by atoms with van der Waals surface area (Å²) >= 11 is 5.99. The number of benzene rings is 1. The average molecular weight is 435 g/mol. The van der Waals surface area contributed by atoms with Crippen LogP contribution in [0.25, 0.3) is 0 Å². The van der Waals surface area contributed by atoms with Gasteiger partial charge in [-0.15, -0.1) is 0 Å². The number of nitrogens with zero attached hydrogens (tertiary/aromatic N) is 1. The average Bonchev–Trinajstić information content (AvgIpc) is 2.67. The van der Waals surface area contributed by atoms with Crippen molar-refractivity contribution in [3.8, 4) is 5.75 Å². The van der Waals surface area contributed by atoms with Crippen LogP contribution in [0.4, 0.5) is 0 Å². The zero-order valence-corrected chi connectivity index (χ0v) is 17.7. The molecule has 28 heavy (non-hydrogen) atoms. The van der Waals surface area contributed by atoms with Gasteiger partial charge in [0, 0.05) is 31.3 Å². The van der Waals surface area contributed by atoms with Crippen molar-refractivity contribution in [2.24, 2.45) is 0 Å². The summed E-state index contributed by atoms with van der Waals surface area (Å²) in [6.07, 6.45) is 0.831. The number of carbonyl (C=O) groups excluding carboxylic acids is 1.